The number of halogens is 1. The van der Waals surface area contributed by atoms with Crippen molar-refractivity contribution in [3.05, 3.63) is 54.1 Å². The van der Waals surface area contributed by atoms with Crippen LogP contribution < -0.4 is 4.74 Å². The first-order valence-corrected chi connectivity index (χ1v) is 9.42. The lowest BCUT2D eigenvalue weighted by atomic mass is 9.85. The summed E-state index contributed by atoms with van der Waals surface area (Å²) in [6.45, 7) is 5.28. The molecular formula is C21H24FN3O2. The number of ether oxygens (including phenoxy) is 1. The number of aromatic nitrogens is 2. The quantitative estimate of drug-likeness (QED) is 0.829. The van der Waals surface area contributed by atoms with Gasteiger partial charge in [0.1, 0.15) is 11.9 Å². The Morgan fingerprint density at radius 3 is 2.37 bits per heavy atom. The van der Waals surface area contributed by atoms with E-state index in [-0.39, 0.29) is 23.2 Å². The van der Waals surface area contributed by atoms with Crippen molar-refractivity contribution in [1.82, 2.24) is 14.9 Å². The number of carbonyl (C=O) groups is 1. The average molecular weight is 369 g/mol. The van der Waals surface area contributed by atoms with E-state index in [1.807, 2.05) is 24.8 Å². The van der Waals surface area contributed by atoms with Crippen LogP contribution in [0.25, 0.3) is 0 Å². The zero-order chi connectivity index (χ0) is 19.1. The van der Waals surface area contributed by atoms with Gasteiger partial charge in [0.05, 0.1) is 5.41 Å². The number of nitrogens with zero attached hydrogens (tertiary/aromatic N) is 3. The predicted octanol–water partition coefficient (Wildman–Crippen LogP) is 3.35. The lowest BCUT2D eigenvalue weighted by Gasteiger charge is -2.35. The van der Waals surface area contributed by atoms with Gasteiger partial charge in [0.25, 0.3) is 0 Å². The Morgan fingerprint density at radius 1 is 1.15 bits per heavy atom. The van der Waals surface area contributed by atoms with Gasteiger partial charge in [-0.1, -0.05) is 32.0 Å². The Morgan fingerprint density at radius 2 is 1.78 bits per heavy atom. The Balaban J connectivity index is 1.46. The second kappa shape index (κ2) is 6.59. The molecular weight excluding hydrogens is 345 g/mol. The van der Waals surface area contributed by atoms with Crippen molar-refractivity contribution in [3.8, 4) is 6.01 Å². The molecule has 4 rings (SSSR count). The first-order chi connectivity index (χ1) is 12.9. The van der Waals surface area contributed by atoms with Crippen molar-refractivity contribution in [1.29, 1.82) is 0 Å². The lowest BCUT2D eigenvalue weighted by Crippen LogP contribution is -2.47. The number of rotatable bonds is 4. The van der Waals surface area contributed by atoms with Crippen molar-refractivity contribution in [2.75, 3.05) is 13.1 Å². The maximum atomic E-state index is 14.5. The second-order valence-corrected chi connectivity index (χ2v) is 8.09. The van der Waals surface area contributed by atoms with Crippen LogP contribution in [0.3, 0.4) is 0 Å². The summed E-state index contributed by atoms with van der Waals surface area (Å²) in [4.78, 5) is 23.5. The molecule has 2 heterocycles. The first-order valence-electron chi connectivity index (χ1n) is 9.42. The van der Waals surface area contributed by atoms with Crippen LogP contribution in [0.4, 0.5) is 4.39 Å². The summed E-state index contributed by atoms with van der Waals surface area (Å²) in [6, 6.07) is 8.79. The molecule has 1 unspecified atom stereocenters. The van der Waals surface area contributed by atoms with Gasteiger partial charge in [0.2, 0.25) is 5.91 Å². The molecule has 1 saturated heterocycles. The Bertz CT molecular complexity index is 834. The van der Waals surface area contributed by atoms with E-state index < -0.39 is 5.41 Å². The SMILES string of the molecule is CC1(C)CC1(C(=O)N1CCC(Oc2ncccn2)CC1)c1ccccc1F. The van der Waals surface area contributed by atoms with Crippen molar-refractivity contribution >= 4 is 5.91 Å². The molecule has 0 spiro atoms. The zero-order valence-corrected chi connectivity index (χ0v) is 15.7. The smallest absolute Gasteiger partial charge is 0.316 e. The Labute approximate surface area is 158 Å². The van der Waals surface area contributed by atoms with E-state index in [2.05, 4.69) is 9.97 Å². The first kappa shape index (κ1) is 17.9. The predicted molar refractivity (Wildman–Crippen MR) is 98.7 cm³/mol. The van der Waals surface area contributed by atoms with Gasteiger partial charge in [0.15, 0.2) is 0 Å². The minimum atomic E-state index is -0.755. The Hall–Kier alpha value is -2.50. The maximum Gasteiger partial charge on any atom is 0.316 e. The molecule has 1 atom stereocenters. The number of piperidine rings is 1. The molecule has 0 radical (unpaired) electrons. The summed E-state index contributed by atoms with van der Waals surface area (Å²) in [5.74, 6) is -0.261. The summed E-state index contributed by atoms with van der Waals surface area (Å²) >= 11 is 0. The number of carbonyl (C=O) groups excluding carboxylic acids is 1. The van der Waals surface area contributed by atoms with Crippen LogP contribution in [0, 0.1) is 11.2 Å². The highest BCUT2D eigenvalue weighted by Crippen LogP contribution is 2.65. The van der Waals surface area contributed by atoms with Crippen LogP contribution in [-0.4, -0.2) is 40.0 Å². The molecule has 27 heavy (non-hydrogen) atoms. The van der Waals surface area contributed by atoms with E-state index in [0.29, 0.717) is 31.1 Å². The molecule has 1 aliphatic heterocycles. The van der Waals surface area contributed by atoms with Crippen LogP contribution >= 0.6 is 0 Å². The van der Waals surface area contributed by atoms with Gasteiger partial charge in [-0.25, -0.2) is 14.4 Å². The van der Waals surface area contributed by atoms with Crippen LogP contribution in [-0.2, 0) is 10.2 Å². The molecule has 1 saturated carbocycles. The Kier molecular flexibility index (Phi) is 4.36. The highest BCUT2D eigenvalue weighted by atomic mass is 19.1. The van der Waals surface area contributed by atoms with Gasteiger partial charge in [-0.3, -0.25) is 4.79 Å². The third-order valence-electron chi connectivity index (χ3n) is 5.98. The number of benzene rings is 1. The second-order valence-electron chi connectivity index (χ2n) is 8.09. The molecule has 0 N–H and O–H groups in total. The van der Waals surface area contributed by atoms with Gasteiger partial charge in [-0.15, -0.1) is 0 Å². The van der Waals surface area contributed by atoms with E-state index in [4.69, 9.17) is 4.74 Å². The maximum absolute atomic E-state index is 14.5. The summed E-state index contributed by atoms with van der Waals surface area (Å²) in [7, 11) is 0. The molecule has 142 valence electrons. The zero-order valence-electron chi connectivity index (χ0n) is 15.7. The van der Waals surface area contributed by atoms with E-state index in [0.717, 1.165) is 12.8 Å². The molecule has 2 aromatic rings. The standard InChI is InChI=1S/C21H24FN3O2/c1-20(2)14-21(20,16-6-3-4-7-17(16)22)18(26)25-12-8-15(9-13-25)27-19-23-10-5-11-24-19/h3-7,10-11,15H,8-9,12-14H2,1-2H3. The molecule has 0 bridgehead atoms. The summed E-state index contributed by atoms with van der Waals surface area (Å²) in [6.07, 6.45) is 5.40. The molecule has 1 aromatic carbocycles. The molecule has 1 aliphatic carbocycles. The summed E-state index contributed by atoms with van der Waals surface area (Å²) < 4.78 is 20.3. The van der Waals surface area contributed by atoms with E-state index in [1.54, 1.807) is 30.6 Å². The molecule has 1 aromatic heterocycles. The van der Waals surface area contributed by atoms with Crippen LogP contribution in [0.2, 0.25) is 0 Å². The van der Waals surface area contributed by atoms with Gasteiger partial charge in [0, 0.05) is 43.9 Å². The molecule has 5 nitrogen and oxygen atoms in total. The lowest BCUT2D eigenvalue weighted by molar-refractivity contribution is -0.136. The topological polar surface area (TPSA) is 55.3 Å². The molecule has 2 aliphatic rings. The van der Waals surface area contributed by atoms with Gasteiger partial charge in [-0.05, 0) is 24.0 Å². The minimum absolute atomic E-state index is 0.00641. The largest absolute Gasteiger partial charge is 0.460 e. The number of amides is 1. The van der Waals surface area contributed by atoms with Gasteiger partial charge in [-0.2, -0.15) is 0 Å². The summed E-state index contributed by atoms with van der Waals surface area (Å²) in [5.41, 5.74) is -0.470. The summed E-state index contributed by atoms with van der Waals surface area (Å²) in [5, 5.41) is 0. The normalized spacial score (nSPS) is 24.5. The fraction of sp³-hybridized carbons (Fsp3) is 0.476. The number of hydrogen-bond donors (Lipinski definition) is 0. The van der Waals surface area contributed by atoms with Crippen LogP contribution in [0.1, 0.15) is 38.7 Å². The van der Waals surface area contributed by atoms with Crippen molar-refractivity contribution in [3.63, 3.8) is 0 Å². The highest BCUT2D eigenvalue weighted by molar-refractivity contribution is 5.93. The average Bonchev–Trinajstić information content (AvgIpc) is 3.26. The fourth-order valence-electron chi connectivity index (χ4n) is 4.31. The van der Waals surface area contributed by atoms with Gasteiger partial charge >= 0.3 is 6.01 Å². The third-order valence-corrected chi connectivity index (χ3v) is 5.98. The van der Waals surface area contributed by atoms with Crippen LogP contribution in [0.15, 0.2) is 42.7 Å². The van der Waals surface area contributed by atoms with Crippen molar-refractivity contribution in [2.24, 2.45) is 5.41 Å². The van der Waals surface area contributed by atoms with Crippen LogP contribution in [0.5, 0.6) is 6.01 Å². The van der Waals surface area contributed by atoms with E-state index in [9.17, 15) is 9.18 Å². The van der Waals surface area contributed by atoms with Crippen molar-refractivity contribution in [2.45, 2.75) is 44.6 Å². The molecule has 6 heteroatoms. The molecule has 2 fully saturated rings. The highest BCUT2D eigenvalue weighted by Gasteiger charge is 2.68. The monoisotopic (exact) mass is 369 g/mol. The minimum Gasteiger partial charge on any atom is -0.460 e. The number of hydrogen-bond acceptors (Lipinski definition) is 4. The van der Waals surface area contributed by atoms with Crippen molar-refractivity contribution < 1.29 is 13.9 Å². The molecule has 1 amide bonds. The fourth-order valence-corrected chi connectivity index (χ4v) is 4.31. The van der Waals surface area contributed by atoms with Gasteiger partial charge < -0.3 is 9.64 Å². The third kappa shape index (κ3) is 3.07. The number of likely N-dealkylation sites (tertiary alicyclic amines) is 1. The van der Waals surface area contributed by atoms with E-state index >= 15 is 0 Å². The van der Waals surface area contributed by atoms with E-state index in [1.165, 1.54) is 6.07 Å².